The number of aromatic nitrogens is 1. The van der Waals surface area contributed by atoms with Gasteiger partial charge in [-0.05, 0) is 49.6 Å². The van der Waals surface area contributed by atoms with E-state index in [-0.39, 0.29) is 6.04 Å². The Bertz CT molecular complexity index is 401. The van der Waals surface area contributed by atoms with Crippen LogP contribution in [0.4, 0.5) is 0 Å². The van der Waals surface area contributed by atoms with E-state index in [2.05, 4.69) is 29.4 Å². The molecular formula is C14H20N2O. The zero-order valence-corrected chi connectivity index (χ0v) is 10.6. The molecule has 0 bridgehead atoms. The van der Waals surface area contributed by atoms with Crippen LogP contribution in [0.5, 0.6) is 0 Å². The summed E-state index contributed by atoms with van der Waals surface area (Å²) in [5.74, 6) is 0. The molecule has 0 radical (unpaired) electrons. The molecule has 0 spiro atoms. The lowest BCUT2D eigenvalue weighted by molar-refractivity contribution is 0.219. The molecule has 1 unspecified atom stereocenters. The average Bonchev–Trinajstić information content (AvgIpc) is 2.37. The Morgan fingerprint density at radius 2 is 2.41 bits per heavy atom. The number of nitrogens with zero attached hydrogens (tertiary/aromatic N) is 1. The predicted octanol–water partition coefficient (Wildman–Crippen LogP) is 2.73. The molecule has 0 aliphatic carbocycles. The number of pyridine rings is 1. The average molecular weight is 232 g/mol. The van der Waals surface area contributed by atoms with Gasteiger partial charge in [-0.1, -0.05) is 6.92 Å². The Hall–Kier alpha value is -1.35. The molecule has 2 heterocycles. The van der Waals surface area contributed by atoms with Gasteiger partial charge in [0, 0.05) is 11.9 Å². The van der Waals surface area contributed by atoms with E-state index < -0.39 is 0 Å². The molecule has 0 saturated heterocycles. The van der Waals surface area contributed by atoms with Gasteiger partial charge in [-0.25, -0.2) is 0 Å². The molecule has 0 aromatic carbocycles. The van der Waals surface area contributed by atoms with Crippen molar-refractivity contribution in [3.63, 3.8) is 0 Å². The van der Waals surface area contributed by atoms with Crippen molar-refractivity contribution in [1.29, 1.82) is 0 Å². The predicted molar refractivity (Wildman–Crippen MR) is 68.7 cm³/mol. The normalized spacial score (nSPS) is 17.2. The van der Waals surface area contributed by atoms with E-state index in [1.54, 1.807) is 0 Å². The summed E-state index contributed by atoms with van der Waals surface area (Å²) in [6.07, 6.45) is 6.02. The van der Waals surface area contributed by atoms with Crippen LogP contribution >= 0.6 is 0 Å². The van der Waals surface area contributed by atoms with Crippen molar-refractivity contribution < 1.29 is 4.74 Å². The van der Waals surface area contributed by atoms with Crippen molar-refractivity contribution in [2.75, 3.05) is 13.2 Å². The van der Waals surface area contributed by atoms with Crippen molar-refractivity contribution >= 4 is 0 Å². The van der Waals surface area contributed by atoms with Crippen LogP contribution in [0.15, 0.2) is 30.2 Å². The summed E-state index contributed by atoms with van der Waals surface area (Å²) in [5.41, 5.74) is 3.67. The Kier molecular flexibility index (Phi) is 4.15. The molecule has 92 valence electrons. The summed E-state index contributed by atoms with van der Waals surface area (Å²) in [4.78, 5) is 4.25. The molecule has 0 amide bonds. The molecular weight excluding hydrogens is 212 g/mol. The number of ether oxygens (including phenoxy) is 1. The van der Waals surface area contributed by atoms with Gasteiger partial charge in [-0.2, -0.15) is 0 Å². The fourth-order valence-corrected chi connectivity index (χ4v) is 2.21. The third-order valence-corrected chi connectivity index (χ3v) is 3.00. The molecule has 1 N–H and O–H groups in total. The first kappa shape index (κ1) is 12.1. The van der Waals surface area contributed by atoms with Gasteiger partial charge in [0.15, 0.2) is 0 Å². The first-order valence-electron chi connectivity index (χ1n) is 6.27. The van der Waals surface area contributed by atoms with Crippen LogP contribution in [0.2, 0.25) is 0 Å². The Balaban J connectivity index is 2.24. The number of aryl methyl sites for hydroxylation is 1. The molecule has 0 fully saturated rings. The standard InChI is InChI=1S/C14H20N2O/c1-3-15-14(13-5-4-8-17-10-13)12-6-7-16-11(2)9-12/h6-7,9-10,14-15H,3-5,8H2,1-2H3. The molecule has 3 heteroatoms. The van der Waals surface area contributed by atoms with E-state index in [9.17, 15) is 0 Å². The molecule has 3 nitrogen and oxygen atoms in total. The summed E-state index contributed by atoms with van der Waals surface area (Å²) in [6.45, 7) is 5.95. The molecule has 1 aromatic rings. The maximum absolute atomic E-state index is 5.44. The van der Waals surface area contributed by atoms with Gasteiger partial charge in [0.25, 0.3) is 0 Å². The maximum atomic E-state index is 5.44. The highest BCUT2D eigenvalue weighted by molar-refractivity contribution is 5.28. The van der Waals surface area contributed by atoms with E-state index in [0.29, 0.717) is 0 Å². The second-order valence-corrected chi connectivity index (χ2v) is 4.39. The fourth-order valence-electron chi connectivity index (χ4n) is 2.21. The smallest absolute Gasteiger partial charge is 0.0876 e. The van der Waals surface area contributed by atoms with Crippen LogP contribution in [-0.4, -0.2) is 18.1 Å². The lowest BCUT2D eigenvalue weighted by Gasteiger charge is -2.24. The van der Waals surface area contributed by atoms with Gasteiger partial charge in [0.1, 0.15) is 0 Å². The highest BCUT2D eigenvalue weighted by Gasteiger charge is 2.18. The minimum atomic E-state index is 0.266. The Morgan fingerprint density at radius 1 is 1.53 bits per heavy atom. The SMILES string of the molecule is CCNC(C1=COCCC1)c1ccnc(C)c1. The van der Waals surface area contributed by atoms with Gasteiger partial charge in [-0.15, -0.1) is 0 Å². The lowest BCUT2D eigenvalue weighted by Crippen LogP contribution is -2.24. The van der Waals surface area contributed by atoms with Crippen LogP contribution in [0.25, 0.3) is 0 Å². The second kappa shape index (κ2) is 5.82. The highest BCUT2D eigenvalue weighted by atomic mass is 16.5. The van der Waals surface area contributed by atoms with Crippen molar-refractivity contribution in [2.24, 2.45) is 0 Å². The van der Waals surface area contributed by atoms with E-state index in [4.69, 9.17) is 4.74 Å². The van der Waals surface area contributed by atoms with Crippen LogP contribution in [0.1, 0.15) is 37.1 Å². The summed E-state index contributed by atoms with van der Waals surface area (Å²) < 4.78 is 5.44. The molecule has 2 rings (SSSR count). The quantitative estimate of drug-likeness (QED) is 0.866. The molecule has 17 heavy (non-hydrogen) atoms. The van der Waals surface area contributed by atoms with Crippen molar-refractivity contribution in [3.05, 3.63) is 41.4 Å². The molecule has 1 atom stereocenters. The zero-order chi connectivity index (χ0) is 12.1. The minimum absolute atomic E-state index is 0.266. The zero-order valence-electron chi connectivity index (χ0n) is 10.6. The number of hydrogen-bond acceptors (Lipinski definition) is 3. The molecule has 1 aliphatic rings. The van der Waals surface area contributed by atoms with Crippen molar-refractivity contribution in [1.82, 2.24) is 10.3 Å². The van der Waals surface area contributed by atoms with E-state index in [0.717, 1.165) is 31.7 Å². The third kappa shape index (κ3) is 3.07. The molecule has 1 aliphatic heterocycles. The number of likely N-dealkylation sites (N-methyl/N-ethyl adjacent to an activating group) is 1. The number of nitrogens with one attached hydrogen (secondary N) is 1. The first-order valence-corrected chi connectivity index (χ1v) is 6.27. The summed E-state index contributed by atoms with van der Waals surface area (Å²) in [6, 6.07) is 4.49. The van der Waals surface area contributed by atoms with Crippen molar-refractivity contribution in [3.8, 4) is 0 Å². The fraction of sp³-hybridized carbons (Fsp3) is 0.500. The third-order valence-electron chi connectivity index (χ3n) is 3.00. The van der Waals surface area contributed by atoms with Gasteiger partial charge >= 0.3 is 0 Å². The van der Waals surface area contributed by atoms with Gasteiger partial charge in [0.2, 0.25) is 0 Å². The van der Waals surface area contributed by atoms with Crippen LogP contribution in [0, 0.1) is 6.92 Å². The first-order chi connectivity index (χ1) is 8.31. The summed E-state index contributed by atoms with van der Waals surface area (Å²) in [7, 11) is 0. The Morgan fingerprint density at radius 3 is 3.06 bits per heavy atom. The minimum Gasteiger partial charge on any atom is -0.501 e. The monoisotopic (exact) mass is 232 g/mol. The second-order valence-electron chi connectivity index (χ2n) is 4.39. The van der Waals surface area contributed by atoms with E-state index >= 15 is 0 Å². The lowest BCUT2D eigenvalue weighted by atomic mass is 9.95. The molecule has 0 saturated carbocycles. The van der Waals surface area contributed by atoms with Crippen molar-refractivity contribution in [2.45, 2.75) is 32.7 Å². The van der Waals surface area contributed by atoms with E-state index in [1.165, 1.54) is 11.1 Å². The topological polar surface area (TPSA) is 34.1 Å². The van der Waals surface area contributed by atoms with Gasteiger partial charge in [-0.3, -0.25) is 4.98 Å². The summed E-state index contributed by atoms with van der Waals surface area (Å²) >= 11 is 0. The van der Waals surface area contributed by atoms with E-state index in [1.807, 2.05) is 19.4 Å². The number of hydrogen-bond donors (Lipinski definition) is 1. The largest absolute Gasteiger partial charge is 0.501 e. The Labute approximate surface area is 103 Å². The molecule has 1 aromatic heterocycles. The van der Waals surface area contributed by atoms with Crippen LogP contribution in [0.3, 0.4) is 0 Å². The number of rotatable bonds is 4. The highest BCUT2D eigenvalue weighted by Crippen LogP contribution is 2.27. The van der Waals surface area contributed by atoms with Gasteiger partial charge < -0.3 is 10.1 Å². The van der Waals surface area contributed by atoms with Crippen LogP contribution < -0.4 is 5.32 Å². The maximum Gasteiger partial charge on any atom is 0.0876 e. The van der Waals surface area contributed by atoms with Gasteiger partial charge in [0.05, 0.1) is 18.9 Å². The summed E-state index contributed by atoms with van der Waals surface area (Å²) in [5, 5.41) is 3.52. The van der Waals surface area contributed by atoms with Crippen LogP contribution in [-0.2, 0) is 4.74 Å².